The van der Waals surface area contributed by atoms with Crippen LogP contribution in [-0.4, -0.2) is 86.9 Å². The number of ether oxygens (including phenoxy) is 1. The van der Waals surface area contributed by atoms with Crippen molar-refractivity contribution in [1.82, 2.24) is 9.99 Å². The Kier molecular flexibility index (Phi) is 22.6. The lowest BCUT2D eigenvalue weighted by Crippen LogP contribution is -2.34. The molecule has 0 radical (unpaired) electrons. The molecule has 0 amide bonds. The lowest BCUT2D eigenvalue weighted by atomic mass is 9.84. The Balaban J connectivity index is 0.000000299. The van der Waals surface area contributed by atoms with Crippen molar-refractivity contribution in [1.29, 1.82) is 5.26 Å². The number of nitrogens with one attached hydrogen (secondary N) is 1. The number of nitrogens with zero attached hydrogens (tertiary/aromatic N) is 4. The fourth-order valence-electron chi connectivity index (χ4n) is 7.07. The van der Waals surface area contributed by atoms with Crippen LogP contribution in [0.25, 0.3) is 0 Å². The van der Waals surface area contributed by atoms with Crippen LogP contribution in [0, 0.1) is 11.3 Å². The summed E-state index contributed by atoms with van der Waals surface area (Å²) in [7, 11) is 0.742. The number of aldehydes is 1. The Labute approximate surface area is 341 Å². The Morgan fingerprint density at radius 1 is 0.929 bits per heavy atom. The van der Waals surface area contributed by atoms with E-state index in [-0.39, 0.29) is 10.8 Å². The highest BCUT2D eigenvalue weighted by Gasteiger charge is 2.39. The molecule has 2 aliphatic rings. The van der Waals surface area contributed by atoms with Crippen molar-refractivity contribution in [3.63, 3.8) is 0 Å². The predicted molar refractivity (Wildman–Crippen MR) is 236 cm³/mol. The summed E-state index contributed by atoms with van der Waals surface area (Å²) in [6, 6.07) is 20.1. The minimum absolute atomic E-state index is 0.0406. The number of likely N-dealkylation sites (N-methyl/N-ethyl adjacent to an activating group) is 1. The van der Waals surface area contributed by atoms with E-state index in [0.29, 0.717) is 51.4 Å². The molecule has 9 nitrogen and oxygen atoms in total. The predicted octanol–water partition coefficient (Wildman–Crippen LogP) is 10.2. The zero-order valence-electron chi connectivity index (χ0n) is 36.5. The molecule has 2 aromatic carbocycles. The summed E-state index contributed by atoms with van der Waals surface area (Å²) >= 11 is 0. The maximum atomic E-state index is 10.4. The van der Waals surface area contributed by atoms with Gasteiger partial charge in [-0.3, -0.25) is 0 Å². The number of rotatable bonds is 21. The van der Waals surface area contributed by atoms with Crippen LogP contribution in [-0.2, 0) is 29.4 Å². The number of allylic oxidation sites excluding steroid dienone is 4. The van der Waals surface area contributed by atoms with E-state index in [1.807, 2.05) is 7.05 Å². The zero-order chi connectivity index (χ0) is 41.6. The summed E-state index contributed by atoms with van der Waals surface area (Å²) in [4.78, 5) is 12.9. The van der Waals surface area contributed by atoms with Gasteiger partial charge >= 0.3 is 0 Å². The molecule has 56 heavy (non-hydrogen) atoms. The van der Waals surface area contributed by atoms with Crippen LogP contribution >= 0.6 is 8.53 Å². The summed E-state index contributed by atoms with van der Waals surface area (Å²) in [5.74, 6) is 0. The van der Waals surface area contributed by atoms with Gasteiger partial charge in [-0.1, -0.05) is 68.8 Å². The van der Waals surface area contributed by atoms with Crippen molar-refractivity contribution >= 4 is 32.4 Å². The average Bonchev–Trinajstić information content (AvgIpc) is 3.56. The van der Waals surface area contributed by atoms with Crippen LogP contribution < -0.4 is 10.2 Å². The molecule has 10 heteroatoms. The second kappa shape index (κ2) is 25.9. The van der Waals surface area contributed by atoms with E-state index < -0.39 is 8.53 Å². The Morgan fingerprint density at radius 3 is 2.21 bits per heavy atom. The van der Waals surface area contributed by atoms with Crippen LogP contribution in [0.2, 0.25) is 0 Å². The highest BCUT2D eigenvalue weighted by molar-refractivity contribution is 7.44. The lowest BCUT2D eigenvalue weighted by Gasteiger charge is -2.35. The van der Waals surface area contributed by atoms with Gasteiger partial charge in [0.1, 0.15) is 12.8 Å². The van der Waals surface area contributed by atoms with Crippen molar-refractivity contribution in [3.05, 3.63) is 83.6 Å². The first-order chi connectivity index (χ1) is 26.8. The first-order valence-corrected chi connectivity index (χ1v) is 21.7. The number of carbonyl (C=O) groups is 1. The molecule has 310 valence electrons. The first-order valence-electron chi connectivity index (χ1n) is 20.6. The molecule has 0 bridgehead atoms. The molecule has 0 saturated carbocycles. The molecule has 4 rings (SSSR count). The number of hydrogen-bond donors (Lipinski definition) is 1. The van der Waals surface area contributed by atoms with E-state index in [1.165, 1.54) is 28.2 Å². The monoisotopic (exact) mass is 791 g/mol. The number of carbonyl (C=O) groups excluding carboxylic acids is 1. The van der Waals surface area contributed by atoms with Gasteiger partial charge in [-0.15, -0.1) is 0 Å². The van der Waals surface area contributed by atoms with Crippen molar-refractivity contribution in [2.75, 3.05) is 58.0 Å². The molecule has 0 aromatic heterocycles. The SMILES string of the molecule is C/C=C/C=C1/N(CCCCCC=O)c2ccccc2C1(C)C.CC[N+]1=CC(C)(C)c2ccccc21.CNCCOCCOP(OCCC#N)N(C(C)C)C(C)C. The number of fused-ring (bicyclic) bond motifs is 2. The summed E-state index contributed by atoms with van der Waals surface area (Å²) in [5, 5.41) is 11.7. The van der Waals surface area contributed by atoms with Crippen LogP contribution in [0.1, 0.15) is 112 Å². The van der Waals surface area contributed by atoms with Crippen molar-refractivity contribution < 1.29 is 23.2 Å². The summed E-state index contributed by atoms with van der Waals surface area (Å²) in [5.41, 5.74) is 7.15. The second-order valence-electron chi connectivity index (χ2n) is 15.6. The molecule has 2 aliphatic heterocycles. The summed E-state index contributed by atoms with van der Waals surface area (Å²) < 4.78 is 21.6. The van der Waals surface area contributed by atoms with E-state index >= 15 is 0 Å². The summed E-state index contributed by atoms with van der Waals surface area (Å²) in [6.45, 7) is 26.9. The van der Waals surface area contributed by atoms with Gasteiger partial charge in [-0.25, -0.2) is 9.25 Å². The minimum Gasteiger partial charge on any atom is -0.378 e. The average molecular weight is 791 g/mol. The molecule has 1 unspecified atom stereocenters. The molecule has 1 N–H and O–H groups in total. The van der Waals surface area contributed by atoms with E-state index in [4.69, 9.17) is 19.0 Å². The van der Waals surface area contributed by atoms with Crippen LogP contribution in [0.4, 0.5) is 11.4 Å². The zero-order valence-corrected chi connectivity index (χ0v) is 37.4. The molecule has 0 saturated heterocycles. The number of hydrogen-bond acceptors (Lipinski definition) is 8. The Bertz CT molecular complexity index is 1570. The number of para-hydroxylation sites is 2. The van der Waals surface area contributed by atoms with Crippen molar-refractivity contribution in [3.8, 4) is 6.07 Å². The van der Waals surface area contributed by atoms with Gasteiger partial charge < -0.3 is 28.8 Å². The second-order valence-corrected chi connectivity index (χ2v) is 17.1. The highest BCUT2D eigenvalue weighted by Crippen LogP contribution is 2.48. The van der Waals surface area contributed by atoms with E-state index in [1.54, 1.807) is 0 Å². The molecule has 2 heterocycles. The molecular weight excluding hydrogens is 718 g/mol. The number of benzene rings is 2. The van der Waals surface area contributed by atoms with Crippen LogP contribution in [0.3, 0.4) is 0 Å². The van der Waals surface area contributed by atoms with Gasteiger partial charge in [0.2, 0.25) is 5.69 Å². The van der Waals surface area contributed by atoms with Gasteiger partial charge in [-0.05, 0) is 93.0 Å². The largest absolute Gasteiger partial charge is 0.378 e. The van der Waals surface area contributed by atoms with Gasteiger partial charge in [0.05, 0.1) is 44.3 Å². The van der Waals surface area contributed by atoms with E-state index in [0.717, 1.165) is 45.2 Å². The maximum Gasteiger partial charge on any atom is 0.259 e. The normalized spacial score (nSPS) is 16.3. The summed E-state index contributed by atoms with van der Waals surface area (Å²) in [6.07, 6.45) is 14.1. The topological polar surface area (TPSA) is 90.1 Å². The Morgan fingerprint density at radius 2 is 1.59 bits per heavy atom. The number of unbranched alkanes of at least 4 members (excludes halogenated alkanes) is 3. The number of anilines is 1. The van der Waals surface area contributed by atoms with Crippen molar-refractivity contribution in [2.24, 2.45) is 0 Å². The fraction of sp³-hybridized carbons (Fsp3) is 0.587. The van der Waals surface area contributed by atoms with E-state index in [2.05, 4.69) is 168 Å². The maximum absolute atomic E-state index is 10.4. The standard InChI is InChI=1S/C20H27NO.C14H30N3O3P.C12H16N/c1-4-5-14-19-20(2,3)17-12-8-9-13-18(17)21(19)15-10-6-7-11-16-22;1-13(2)17(14(3)4)21(19-9-6-7-15)20-12-11-18-10-8-16-5;1-4-13-9-12(2,3)10-7-5-6-8-11(10)13/h4-5,8-9,12-14,16H,6-7,10-11,15H2,1-3H3;13-14,16H,6,8-12H2,1-5H3;5-9H,4H2,1-3H3/q;;+1/b5-4+,19-14+;;. The molecule has 2 aromatic rings. The van der Waals surface area contributed by atoms with Gasteiger partial charge in [0, 0.05) is 60.0 Å². The fourth-order valence-corrected chi connectivity index (χ4v) is 8.64. The molecule has 0 fully saturated rings. The van der Waals surface area contributed by atoms with Gasteiger partial charge in [0.15, 0.2) is 6.21 Å². The lowest BCUT2D eigenvalue weighted by molar-refractivity contribution is -0.428. The third kappa shape index (κ3) is 14.9. The molecular formula is C46H73N5O4P+. The first kappa shape index (κ1) is 48.9. The van der Waals surface area contributed by atoms with Crippen LogP contribution in [0.5, 0.6) is 0 Å². The third-order valence-corrected chi connectivity index (χ3v) is 11.9. The Hall–Kier alpha value is -3.22. The molecule has 0 aliphatic carbocycles. The third-order valence-electron chi connectivity index (χ3n) is 9.76. The van der Waals surface area contributed by atoms with E-state index in [9.17, 15) is 4.79 Å². The molecule has 0 spiro atoms. The smallest absolute Gasteiger partial charge is 0.259 e. The molecule has 1 atom stereocenters. The van der Waals surface area contributed by atoms with Gasteiger partial charge in [-0.2, -0.15) is 5.26 Å². The minimum atomic E-state index is -1.15. The van der Waals surface area contributed by atoms with Gasteiger partial charge in [0.25, 0.3) is 8.53 Å². The van der Waals surface area contributed by atoms with Crippen molar-refractivity contribution in [2.45, 2.75) is 124 Å². The highest BCUT2D eigenvalue weighted by atomic mass is 31.2. The van der Waals surface area contributed by atoms with Crippen LogP contribution in [0.15, 0.2) is 72.5 Å². The quantitative estimate of drug-likeness (QED) is 0.0579. The number of nitriles is 1.